The molecule has 11 heteroatoms. The number of hydrogen-bond acceptors (Lipinski definition) is 6. The van der Waals surface area contributed by atoms with Gasteiger partial charge in [0.15, 0.2) is 0 Å². The lowest BCUT2D eigenvalue weighted by Crippen LogP contribution is -2.60. The van der Waals surface area contributed by atoms with Crippen LogP contribution in [0.15, 0.2) is 41.5 Å². The number of hydrogen-bond donors (Lipinski definition) is 2. The Balaban J connectivity index is 1.90. The number of pyridine rings is 1. The summed E-state index contributed by atoms with van der Waals surface area (Å²) in [5, 5.41) is 2.56. The number of carbonyl (C=O) groups excluding carboxylic acids is 1. The van der Waals surface area contributed by atoms with E-state index in [1.165, 1.54) is 38.4 Å². The molecule has 1 aliphatic heterocycles. The maximum atomic E-state index is 14.6. The highest BCUT2D eigenvalue weighted by atomic mass is 19.4. The predicted molar refractivity (Wildman–Crippen MR) is 105 cm³/mol. The minimum absolute atomic E-state index is 0.0832. The fraction of sp³-hybridized carbons (Fsp3) is 0.350. The van der Waals surface area contributed by atoms with Gasteiger partial charge in [-0.25, -0.2) is 9.37 Å². The van der Waals surface area contributed by atoms with E-state index in [-0.39, 0.29) is 16.9 Å². The topological polar surface area (TPSA) is 98.8 Å². The van der Waals surface area contributed by atoms with Gasteiger partial charge in [-0.1, -0.05) is 0 Å². The van der Waals surface area contributed by atoms with Crippen molar-refractivity contribution < 1.29 is 31.8 Å². The molecule has 0 bridgehead atoms. The minimum Gasteiger partial charge on any atom is -0.495 e. The molecule has 7 nitrogen and oxygen atoms in total. The van der Waals surface area contributed by atoms with Crippen molar-refractivity contribution in [2.24, 2.45) is 10.7 Å². The number of nitrogens with one attached hydrogen (secondary N) is 1. The summed E-state index contributed by atoms with van der Waals surface area (Å²) in [4.78, 5) is 20.3. The van der Waals surface area contributed by atoms with Crippen molar-refractivity contribution in [2.45, 2.75) is 31.2 Å². The van der Waals surface area contributed by atoms with Crippen LogP contribution < -0.4 is 15.8 Å². The number of nitrogens with zero attached hydrogens (tertiary/aromatic N) is 2. The Morgan fingerprint density at radius 2 is 1.97 bits per heavy atom. The Labute approximate surface area is 175 Å². The largest absolute Gasteiger partial charge is 0.495 e. The predicted octanol–water partition coefficient (Wildman–Crippen LogP) is 3.41. The van der Waals surface area contributed by atoms with Gasteiger partial charge in [0, 0.05) is 11.3 Å². The summed E-state index contributed by atoms with van der Waals surface area (Å²) >= 11 is 0. The zero-order valence-corrected chi connectivity index (χ0v) is 16.9. The summed E-state index contributed by atoms with van der Waals surface area (Å²) in [6, 6.07) is 6.64. The summed E-state index contributed by atoms with van der Waals surface area (Å²) in [7, 11) is 1.46. The maximum Gasteiger partial charge on any atom is 0.424 e. The lowest BCUT2D eigenvalue weighted by molar-refractivity contribution is -0.249. The molecule has 31 heavy (non-hydrogen) atoms. The number of benzene rings is 1. The second-order valence-corrected chi connectivity index (χ2v) is 7.32. The van der Waals surface area contributed by atoms with Gasteiger partial charge in [0.25, 0.3) is 5.91 Å². The second-order valence-electron chi connectivity index (χ2n) is 7.32. The zero-order chi connectivity index (χ0) is 23.0. The van der Waals surface area contributed by atoms with E-state index in [9.17, 15) is 22.4 Å². The summed E-state index contributed by atoms with van der Waals surface area (Å²) in [6.07, 6.45) is -3.43. The van der Waals surface area contributed by atoms with Crippen molar-refractivity contribution >= 4 is 17.4 Å². The van der Waals surface area contributed by atoms with Crippen LogP contribution in [-0.2, 0) is 10.3 Å². The van der Waals surface area contributed by atoms with Crippen LogP contribution in [0.3, 0.4) is 0 Å². The molecule has 2 unspecified atom stereocenters. The number of nitrogens with two attached hydrogens (primary N) is 1. The first-order chi connectivity index (χ1) is 14.4. The van der Waals surface area contributed by atoms with Gasteiger partial charge in [-0.05, 0) is 44.2 Å². The van der Waals surface area contributed by atoms with Gasteiger partial charge >= 0.3 is 6.18 Å². The third-order valence-corrected chi connectivity index (χ3v) is 5.05. The standard InChI is InChI=1S/C20H20F4N4O3/c1-18(10-31-19(2,17(25)28-18)20(22,23)24)13-8-11(4-6-14(13)21)27-16(29)15-7-5-12(30-3)9-26-15/h4-9H,10H2,1-3H3,(H2,25,28)(H,27,29). The highest BCUT2D eigenvalue weighted by Gasteiger charge is 2.59. The van der Waals surface area contributed by atoms with Gasteiger partial charge in [-0.3, -0.25) is 9.79 Å². The highest BCUT2D eigenvalue weighted by molar-refractivity contribution is 6.03. The monoisotopic (exact) mass is 440 g/mol. The number of carbonyl (C=O) groups is 1. The van der Waals surface area contributed by atoms with E-state index in [2.05, 4.69) is 15.3 Å². The molecule has 3 N–H and O–H groups in total. The molecule has 0 aliphatic carbocycles. The molecule has 2 atom stereocenters. The molecule has 3 rings (SSSR count). The van der Waals surface area contributed by atoms with Gasteiger partial charge < -0.3 is 20.5 Å². The zero-order valence-electron chi connectivity index (χ0n) is 16.9. The lowest BCUT2D eigenvalue weighted by atomic mass is 9.89. The number of anilines is 1. The summed E-state index contributed by atoms with van der Waals surface area (Å²) in [5.41, 5.74) is 1.47. The number of methoxy groups -OCH3 is 1. The average Bonchev–Trinajstić information content (AvgIpc) is 2.71. The SMILES string of the molecule is COc1ccc(C(=O)Nc2ccc(F)c(C3(C)COC(C)(C(F)(F)F)C(N)=N3)c2)nc1. The van der Waals surface area contributed by atoms with Crippen molar-refractivity contribution in [2.75, 3.05) is 19.0 Å². The quantitative estimate of drug-likeness (QED) is 0.710. The fourth-order valence-corrected chi connectivity index (χ4v) is 2.97. The van der Waals surface area contributed by atoms with Gasteiger partial charge in [-0.2, -0.15) is 13.2 Å². The number of aliphatic imine (C=N–C) groups is 1. The first-order valence-electron chi connectivity index (χ1n) is 9.07. The van der Waals surface area contributed by atoms with Gasteiger partial charge in [-0.15, -0.1) is 0 Å². The number of amides is 1. The Morgan fingerprint density at radius 3 is 2.52 bits per heavy atom. The first kappa shape index (κ1) is 22.5. The number of aromatic nitrogens is 1. The Bertz CT molecular complexity index is 1030. The van der Waals surface area contributed by atoms with Gasteiger partial charge in [0.2, 0.25) is 5.60 Å². The number of rotatable bonds is 4. The number of halogens is 4. The molecule has 1 aromatic carbocycles. The first-order valence-corrected chi connectivity index (χ1v) is 9.07. The smallest absolute Gasteiger partial charge is 0.424 e. The molecule has 0 spiro atoms. The normalized spacial score (nSPS) is 23.8. The van der Waals surface area contributed by atoms with Crippen molar-refractivity contribution in [3.8, 4) is 5.75 Å². The maximum absolute atomic E-state index is 14.6. The molecular weight excluding hydrogens is 420 g/mol. The van der Waals surface area contributed by atoms with E-state index in [4.69, 9.17) is 15.2 Å². The third-order valence-electron chi connectivity index (χ3n) is 5.05. The van der Waals surface area contributed by atoms with Crippen LogP contribution in [0.5, 0.6) is 5.75 Å². The molecule has 1 amide bonds. The number of ether oxygens (including phenoxy) is 2. The van der Waals surface area contributed by atoms with E-state index >= 15 is 0 Å². The molecular formula is C20H20F4N4O3. The van der Waals surface area contributed by atoms with Gasteiger partial charge in [0.1, 0.15) is 28.6 Å². The summed E-state index contributed by atoms with van der Waals surface area (Å²) in [6.45, 7) is 1.59. The van der Waals surface area contributed by atoms with Crippen LogP contribution >= 0.6 is 0 Å². The van der Waals surface area contributed by atoms with Crippen LogP contribution in [0.25, 0.3) is 0 Å². The van der Waals surface area contributed by atoms with E-state index in [1.54, 1.807) is 6.07 Å². The molecule has 1 aromatic heterocycles. The molecule has 0 saturated heterocycles. The van der Waals surface area contributed by atoms with Crippen LogP contribution in [0.2, 0.25) is 0 Å². The van der Waals surface area contributed by atoms with Crippen molar-refractivity contribution in [3.63, 3.8) is 0 Å². The van der Waals surface area contributed by atoms with Crippen LogP contribution in [0.4, 0.5) is 23.2 Å². The minimum atomic E-state index is -4.79. The number of amidine groups is 1. The molecule has 0 saturated carbocycles. The molecule has 0 fully saturated rings. The molecule has 166 valence electrons. The van der Waals surface area contributed by atoms with E-state index in [0.717, 1.165) is 13.0 Å². The molecule has 2 heterocycles. The van der Waals surface area contributed by atoms with Crippen LogP contribution in [0, 0.1) is 5.82 Å². The molecule has 0 radical (unpaired) electrons. The Morgan fingerprint density at radius 1 is 1.26 bits per heavy atom. The van der Waals surface area contributed by atoms with Crippen molar-refractivity contribution in [1.29, 1.82) is 0 Å². The lowest BCUT2D eigenvalue weighted by Gasteiger charge is -2.41. The Kier molecular flexibility index (Phi) is 5.66. The summed E-state index contributed by atoms with van der Waals surface area (Å²) < 4.78 is 64.5. The average molecular weight is 440 g/mol. The van der Waals surface area contributed by atoms with E-state index in [0.29, 0.717) is 5.75 Å². The van der Waals surface area contributed by atoms with Crippen molar-refractivity contribution in [3.05, 3.63) is 53.6 Å². The number of alkyl halides is 3. The second kappa shape index (κ2) is 7.80. The van der Waals surface area contributed by atoms with Gasteiger partial charge in [0.05, 0.1) is 19.9 Å². The van der Waals surface area contributed by atoms with Crippen LogP contribution in [0.1, 0.15) is 29.9 Å². The molecule has 2 aromatic rings. The van der Waals surface area contributed by atoms with E-state index < -0.39 is 41.5 Å². The highest BCUT2D eigenvalue weighted by Crippen LogP contribution is 2.41. The fourth-order valence-electron chi connectivity index (χ4n) is 2.97. The summed E-state index contributed by atoms with van der Waals surface area (Å²) in [5.74, 6) is -1.66. The van der Waals surface area contributed by atoms with Crippen LogP contribution in [-0.4, -0.2) is 42.2 Å². The van der Waals surface area contributed by atoms with E-state index in [1.807, 2.05) is 0 Å². The third kappa shape index (κ3) is 4.18. The Hall–Kier alpha value is -3.21. The molecule has 1 aliphatic rings. The van der Waals surface area contributed by atoms with Crippen molar-refractivity contribution in [1.82, 2.24) is 4.98 Å².